The Bertz CT molecular complexity index is 1310. The maximum absolute atomic E-state index is 13.6. The number of amides is 1. The van der Waals surface area contributed by atoms with Crippen LogP contribution in [-0.2, 0) is 4.79 Å². The second-order valence-corrected chi connectivity index (χ2v) is 8.38. The predicted molar refractivity (Wildman–Crippen MR) is 133 cm³/mol. The zero-order chi connectivity index (χ0) is 23.4. The Labute approximate surface area is 198 Å². The maximum atomic E-state index is 13.6. The van der Waals surface area contributed by atoms with Gasteiger partial charge in [0, 0.05) is 6.54 Å². The van der Waals surface area contributed by atoms with E-state index in [-0.39, 0.29) is 11.5 Å². The average Bonchev–Trinajstić information content (AvgIpc) is 2.87. The molecule has 2 atom stereocenters. The quantitative estimate of drug-likeness (QED) is 0.335. The number of carbonyl (C=O) groups excluding carboxylic acids is 1. The van der Waals surface area contributed by atoms with E-state index in [1.807, 2.05) is 92.7 Å². The molecule has 4 rings (SSSR count). The topological polar surface area (TPSA) is 55.2 Å². The van der Waals surface area contributed by atoms with Crippen molar-refractivity contribution in [1.29, 1.82) is 0 Å². The van der Waals surface area contributed by atoms with Crippen LogP contribution in [0.1, 0.15) is 43.1 Å². The van der Waals surface area contributed by atoms with Gasteiger partial charge in [-0.05, 0) is 43.2 Å². The standard InChI is InChI=1S/C27H26ClN3O2/c1-3-18-30(27(33)24(28)20-12-6-4-7-13-20)19(2)25-29-23-17-11-10-16-22(23)26(32)31(25)21-14-8-5-9-15-21/h4-17,19,24H,3,18H2,1-2H3. The number of halogens is 1. The number of aromatic nitrogens is 2. The first-order valence-corrected chi connectivity index (χ1v) is 11.5. The Balaban J connectivity index is 1.85. The minimum absolute atomic E-state index is 0.164. The van der Waals surface area contributed by atoms with Crippen LogP contribution in [0.2, 0.25) is 0 Å². The van der Waals surface area contributed by atoms with Gasteiger partial charge in [0.15, 0.2) is 0 Å². The molecule has 0 aliphatic heterocycles. The molecule has 5 nitrogen and oxygen atoms in total. The maximum Gasteiger partial charge on any atom is 0.266 e. The third-order valence-electron chi connectivity index (χ3n) is 5.71. The third kappa shape index (κ3) is 4.55. The molecule has 0 aliphatic carbocycles. The van der Waals surface area contributed by atoms with Gasteiger partial charge in [-0.1, -0.05) is 67.6 Å². The number of fused-ring (bicyclic) bond motifs is 1. The molecule has 6 heteroatoms. The number of hydrogen-bond acceptors (Lipinski definition) is 3. The van der Waals surface area contributed by atoms with E-state index in [1.165, 1.54) is 0 Å². The summed E-state index contributed by atoms with van der Waals surface area (Å²) in [6, 6.07) is 25.5. The highest BCUT2D eigenvalue weighted by molar-refractivity contribution is 6.30. The average molecular weight is 460 g/mol. The summed E-state index contributed by atoms with van der Waals surface area (Å²) < 4.78 is 1.61. The Hall–Kier alpha value is -3.44. The Morgan fingerprint density at radius 1 is 0.970 bits per heavy atom. The third-order valence-corrected chi connectivity index (χ3v) is 6.15. The number of alkyl halides is 1. The van der Waals surface area contributed by atoms with E-state index in [1.54, 1.807) is 15.5 Å². The Morgan fingerprint density at radius 2 is 1.58 bits per heavy atom. The first kappa shape index (κ1) is 22.7. The lowest BCUT2D eigenvalue weighted by Crippen LogP contribution is -2.39. The number of carbonyl (C=O) groups is 1. The van der Waals surface area contributed by atoms with Crippen molar-refractivity contribution in [2.75, 3.05) is 6.54 Å². The van der Waals surface area contributed by atoms with Crippen molar-refractivity contribution < 1.29 is 4.79 Å². The lowest BCUT2D eigenvalue weighted by Gasteiger charge is -2.32. The van der Waals surface area contributed by atoms with Gasteiger partial charge in [0.1, 0.15) is 11.2 Å². The summed E-state index contributed by atoms with van der Waals surface area (Å²) in [4.78, 5) is 33.7. The van der Waals surface area contributed by atoms with Gasteiger partial charge in [0.05, 0.1) is 22.6 Å². The lowest BCUT2D eigenvalue weighted by molar-refractivity contribution is -0.133. The first-order valence-electron chi connectivity index (χ1n) is 11.1. The second kappa shape index (κ2) is 10.0. The summed E-state index contributed by atoms with van der Waals surface area (Å²) in [5, 5.41) is -0.289. The molecule has 0 N–H and O–H groups in total. The van der Waals surface area contributed by atoms with Crippen LogP contribution in [0, 0.1) is 0 Å². The van der Waals surface area contributed by atoms with Crippen LogP contribution in [0.4, 0.5) is 0 Å². The molecule has 1 heterocycles. The van der Waals surface area contributed by atoms with Crippen LogP contribution in [0.3, 0.4) is 0 Å². The minimum atomic E-state index is -0.822. The number of nitrogens with zero attached hydrogens (tertiary/aromatic N) is 3. The highest BCUT2D eigenvalue weighted by atomic mass is 35.5. The highest BCUT2D eigenvalue weighted by Gasteiger charge is 2.30. The summed E-state index contributed by atoms with van der Waals surface area (Å²) in [5.41, 5.74) is 1.88. The van der Waals surface area contributed by atoms with Gasteiger partial charge in [-0.3, -0.25) is 14.2 Å². The van der Waals surface area contributed by atoms with Gasteiger partial charge < -0.3 is 4.90 Å². The SMILES string of the molecule is CCCN(C(=O)C(Cl)c1ccccc1)C(C)c1nc2ccccc2c(=O)n1-c1ccccc1. The van der Waals surface area contributed by atoms with Gasteiger partial charge in [0.25, 0.3) is 5.56 Å². The van der Waals surface area contributed by atoms with Crippen LogP contribution in [-0.4, -0.2) is 26.9 Å². The van der Waals surface area contributed by atoms with Crippen molar-refractivity contribution in [3.05, 3.63) is 107 Å². The van der Waals surface area contributed by atoms with E-state index in [2.05, 4.69) is 0 Å². The van der Waals surface area contributed by atoms with Crippen LogP contribution < -0.4 is 5.56 Å². The molecule has 0 bridgehead atoms. The molecular formula is C27H26ClN3O2. The first-order chi connectivity index (χ1) is 16.0. The van der Waals surface area contributed by atoms with E-state index in [4.69, 9.17) is 16.6 Å². The fourth-order valence-electron chi connectivity index (χ4n) is 4.04. The minimum Gasteiger partial charge on any atom is -0.331 e. The smallest absolute Gasteiger partial charge is 0.266 e. The van der Waals surface area contributed by atoms with E-state index < -0.39 is 11.4 Å². The Kier molecular flexibility index (Phi) is 6.90. The zero-order valence-corrected chi connectivity index (χ0v) is 19.4. The van der Waals surface area contributed by atoms with E-state index >= 15 is 0 Å². The van der Waals surface area contributed by atoms with Crippen LogP contribution in [0.5, 0.6) is 0 Å². The summed E-state index contributed by atoms with van der Waals surface area (Å²) in [7, 11) is 0. The summed E-state index contributed by atoms with van der Waals surface area (Å²) >= 11 is 6.62. The summed E-state index contributed by atoms with van der Waals surface area (Å²) in [5.74, 6) is 0.294. The lowest BCUT2D eigenvalue weighted by atomic mass is 10.1. The monoisotopic (exact) mass is 459 g/mol. The molecule has 1 amide bonds. The van der Waals surface area contributed by atoms with E-state index in [0.29, 0.717) is 29.0 Å². The molecule has 2 unspecified atom stereocenters. The molecule has 3 aromatic carbocycles. The predicted octanol–water partition coefficient (Wildman–Crippen LogP) is 5.67. The van der Waals surface area contributed by atoms with Crippen molar-refractivity contribution in [3.63, 3.8) is 0 Å². The van der Waals surface area contributed by atoms with Crippen molar-refractivity contribution in [3.8, 4) is 5.69 Å². The molecule has 1 aromatic heterocycles. The van der Waals surface area contributed by atoms with Crippen LogP contribution >= 0.6 is 11.6 Å². The fourth-order valence-corrected chi connectivity index (χ4v) is 4.31. The molecule has 168 valence electrons. The molecule has 0 saturated heterocycles. The number of rotatable bonds is 7. The largest absolute Gasteiger partial charge is 0.331 e. The molecule has 0 fully saturated rings. The molecule has 33 heavy (non-hydrogen) atoms. The summed E-state index contributed by atoms with van der Waals surface area (Å²) in [6.07, 6.45) is 0.748. The van der Waals surface area contributed by atoms with Crippen LogP contribution in [0.15, 0.2) is 89.7 Å². The summed E-state index contributed by atoms with van der Waals surface area (Å²) in [6.45, 7) is 4.41. The molecule has 0 aliphatic rings. The molecular weight excluding hydrogens is 434 g/mol. The van der Waals surface area contributed by atoms with Crippen molar-refractivity contribution in [2.24, 2.45) is 0 Å². The molecule has 0 saturated carbocycles. The zero-order valence-electron chi connectivity index (χ0n) is 18.7. The normalized spacial score (nSPS) is 12.9. The molecule has 0 radical (unpaired) electrons. The molecule has 4 aromatic rings. The van der Waals surface area contributed by atoms with Crippen LogP contribution in [0.25, 0.3) is 16.6 Å². The van der Waals surface area contributed by atoms with E-state index in [0.717, 1.165) is 12.0 Å². The van der Waals surface area contributed by atoms with E-state index in [9.17, 15) is 9.59 Å². The van der Waals surface area contributed by atoms with Gasteiger partial charge >= 0.3 is 0 Å². The van der Waals surface area contributed by atoms with Gasteiger partial charge in [-0.15, -0.1) is 11.6 Å². The number of benzene rings is 3. The number of para-hydroxylation sites is 2. The highest BCUT2D eigenvalue weighted by Crippen LogP contribution is 2.29. The van der Waals surface area contributed by atoms with Gasteiger partial charge in [0.2, 0.25) is 5.91 Å². The second-order valence-electron chi connectivity index (χ2n) is 7.94. The fraction of sp³-hybridized carbons (Fsp3) is 0.222. The van der Waals surface area contributed by atoms with Crippen molar-refractivity contribution in [1.82, 2.24) is 14.5 Å². The molecule has 0 spiro atoms. The van der Waals surface area contributed by atoms with Gasteiger partial charge in [-0.2, -0.15) is 0 Å². The Morgan fingerprint density at radius 3 is 2.24 bits per heavy atom. The number of hydrogen-bond donors (Lipinski definition) is 0. The van der Waals surface area contributed by atoms with Gasteiger partial charge in [-0.25, -0.2) is 4.98 Å². The van der Waals surface area contributed by atoms with Crippen molar-refractivity contribution >= 4 is 28.4 Å². The van der Waals surface area contributed by atoms with Crippen molar-refractivity contribution in [2.45, 2.75) is 31.7 Å².